The molecule has 114 valence electrons. The number of pyridine rings is 1. The van der Waals surface area contributed by atoms with E-state index in [2.05, 4.69) is 4.98 Å². The van der Waals surface area contributed by atoms with Crippen LogP contribution in [0.25, 0.3) is 0 Å². The van der Waals surface area contributed by atoms with Crippen LogP contribution < -0.4 is 4.31 Å². The highest BCUT2D eigenvalue weighted by Gasteiger charge is 2.39. The fourth-order valence-electron chi connectivity index (χ4n) is 2.17. The Morgan fingerprint density at radius 2 is 1.95 bits per heavy atom. The van der Waals surface area contributed by atoms with Crippen molar-refractivity contribution in [3.8, 4) is 0 Å². The number of sulfonamides is 1. The van der Waals surface area contributed by atoms with E-state index in [9.17, 15) is 18.5 Å². The van der Waals surface area contributed by atoms with Crippen LogP contribution in [0.15, 0.2) is 53.6 Å². The first-order valence-electron chi connectivity index (χ1n) is 6.70. The molecular formula is C14H13N3O4S. The highest BCUT2D eigenvalue weighted by Crippen LogP contribution is 2.35. The zero-order chi connectivity index (χ0) is 15.7. The number of aromatic nitrogens is 1. The molecule has 0 amide bonds. The van der Waals surface area contributed by atoms with E-state index in [1.165, 1.54) is 28.7 Å². The standard InChI is InChI=1S/C14H13N3O4S/c18-17(19)12-4-3-5-13(10-12)22(20,21)16(11-7-8-11)14-6-1-2-9-15-14/h1-6,9-11H,7-8H2. The maximum absolute atomic E-state index is 12.9. The van der Waals surface area contributed by atoms with Gasteiger partial charge in [0.05, 0.1) is 9.82 Å². The number of nitrogens with zero attached hydrogens (tertiary/aromatic N) is 3. The number of nitro groups is 1. The van der Waals surface area contributed by atoms with Crippen LogP contribution >= 0.6 is 0 Å². The number of anilines is 1. The lowest BCUT2D eigenvalue weighted by Crippen LogP contribution is -2.33. The highest BCUT2D eigenvalue weighted by molar-refractivity contribution is 7.92. The summed E-state index contributed by atoms with van der Waals surface area (Å²) < 4.78 is 27.0. The molecule has 2 aromatic rings. The van der Waals surface area contributed by atoms with Crippen LogP contribution in [0.1, 0.15) is 12.8 Å². The molecule has 0 N–H and O–H groups in total. The van der Waals surface area contributed by atoms with Crippen LogP contribution in [0.4, 0.5) is 11.5 Å². The molecule has 1 fully saturated rings. The molecule has 0 aliphatic heterocycles. The number of hydrogen-bond donors (Lipinski definition) is 0. The van der Waals surface area contributed by atoms with Gasteiger partial charge in [0.2, 0.25) is 0 Å². The van der Waals surface area contributed by atoms with Crippen molar-refractivity contribution in [3.05, 3.63) is 58.8 Å². The predicted molar refractivity (Wildman–Crippen MR) is 80.0 cm³/mol. The topological polar surface area (TPSA) is 93.4 Å². The van der Waals surface area contributed by atoms with Gasteiger partial charge < -0.3 is 0 Å². The summed E-state index contributed by atoms with van der Waals surface area (Å²) in [6.45, 7) is 0. The Balaban J connectivity index is 2.07. The third-order valence-electron chi connectivity index (χ3n) is 3.34. The van der Waals surface area contributed by atoms with Crippen molar-refractivity contribution in [3.63, 3.8) is 0 Å². The molecule has 1 heterocycles. The lowest BCUT2D eigenvalue weighted by atomic mass is 10.3. The highest BCUT2D eigenvalue weighted by atomic mass is 32.2. The summed E-state index contributed by atoms with van der Waals surface area (Å²) in [6.07, 6.45) is 3.03. The van der Waals surface area contributed by atoms with Gasteiger partial charge in [0.1, 0.15) is 5.82 Å². The number of benzene rings is 1. The third kappa shape index (κ3) is 2.64. The Morgan fingerprint density at radius 3 is 2.55 bits per heavy atom. The van der Waals surface area contributed by atoms with Gasteiger partial charge in [0.15, 0.2) is 0 Å². The molecule has 1 aromatic heterocycles. The maximum atomic E-state index is 12.9. The van der Waals surface area contributed by atoms with Crippen molar-refractivity contribution in [2.24, 2.45) is 0 Å². The van der Waals surface area contributed by atoms with E-state index in [0.29, 0.717) is 5.82 Å². The van der Waals surface area contributed by atoms with E-state index >= 15 is 0 Å². The van der Waals surface area contributed by atoms with Crippen LogP contribution in [-0.4, -0.2) is 24.4 Å². The minimum atomic E-state index is -3.88. The van der Waals surface area contributed by atoms with Gasteiger partial charge in [-0.3, -0.25) is 10.1 Å². The molecule has 3 rings (SSSR count). The van der Waals surface area contributed by atoms with Gasteiger partial charge in [-0.1, -0.05) is 12.1 Å². The van der Waals surface area contributed by atoms with E-state index in [0.717, 1.165) is 18.9 Å². The summed E-state index contributed by atoms with van der Waals surface area (Å²) in [5.41, 5.74) is -0.252. The summed E-state index contributed by atoms with van der Waals surface area (Å²) in [5.74, 6) is 0.330. The molecule has 7 nitrogen and oxygen atoms in total. The fraction of sp³-hybridized carbons (Fsp3) is 0.214. The van der Waals surface area contributed by atoms with Gasteiger partial charge in [-0.15, -0.1) is 0 Å². The van der Waals surface area contributed by atoms with Gasteiger partial charge in [-0.2, -0.15) is 0 Å². The van der Waals surface area contributed by atoms with E-state index in [1.807, 2.05) is 0 Å². The predicted octanol–water partition coefficient (Wildman–Crippen LogP) is 2.35. The molecule has 22 heavy (non-hydrogen) atoms. The van der Waals surface area contributed by atoms with Crippen molar-refractivity contribution >= 4 is 21.5 Å². The number of non-ortho nitro benzene ring substituents is 1. The second-order valence-electron chi connectivity index (χ2n) is 4.97. The Bertz CT molecular complexity index is 804. The minimum absolute atomic E-state index is 0.0979. The van der Waals surface area contributed by atoms with Crippen molar-refractivity contribution < 1.29 is 13.3 Å². The molecule has 0 radical (unpaired) electrons. The van der Waals surface area contributed by atoms with Crippen molar-refractivity contribution in [2.75, 3.05) is 4.31 Å². The summed E-state index contributed by atoms with van der Waals surface area (Å²) in [4.78, 5) is 14.2. The lowest BCUT2D eigenvalue weighted by molar-refractivity contribution is -0.385. The molecule has 1 aliphatic carbocycles. The van der Waals surface area contributed by atoms with Gasteiger partial charge in [0, 0.05) is 24.4 Å². The zero-order valence-electron chi connectivity index (χ0n) is 11.5. The summed E-state index contributed by atoms with van der Waals surface area (Å²) in [7, 11) is -3.88. The molecule has 1 aromatic carbocycles. The molecule has 0 bridgehead atoms. The zero-order valence-corrected chi connectivity index (χ0v) is 12.3. The summed E-state index contributed by atoms with van der Waals surface area (Å²) in [6, 6.07) is 9.96. The number of rotatable bonds is 5. The van der Waals surface area contributed by atoms with E-state index in [4.69, 9.17) is 0 Å². The van der Waals surface area contributed by atoms with Crippen LogP contribution in [0.5, 0.6) is 0 Å². The van der Waals surface area contributed by atoms with Crippen molar-refractivity contribution in [1.82, 2.24) is 4.98 Å². The van der Waals surface area contributed by atoms with Crippen LogP contribution in [0.2, 0.25) is 0 Å². The Hall–Kier alpha value is -2.48. The summed E-state index contributed by atoms with van der Waals surface area (Å²) in [5, 5.41) is 10.9. The van der Waals surface area contributed by atoms with Gasteiger partial charge in [-0.25, -0.2) is 17.7 Å². The molecule has 0 unspecified atom stereocenters. The fourth-order valence-corrected chi connectivity index (χ4v) is 3.88. The minimum Gasteiger partial charge on any atom is -0.258 e. The normalized spacial score (nSPS) is 14.5. The average molecular weight is 319 g/mol. The molecule has 0 saturated heterocycles. The van der Waals surface area contributed by atoms with Crippen LogP contribution in [0, 0.1) is 10.1 Å². The molecular weight excluding hydrogens is 306 g/mol. The first-order valence-corrected chi connectivity index (χ1v) is 8.14. The van der Waals surface area contributed by atoms with Crippen molar-refractivity contribution in [1.29, 1.82) is 0 Å². The maximum Gasteiger partial charge on any atom is 0.270 e. The molecule has 0 atom stereocenters. The quantitative estimate of drug-likeness (QED) is 0.623. The molecule has 1 saturated carbocycles. The second-order valence-corrected chi connectivity index (χ2v) is 6.79. The second kappa shape index (κ2) is 5.38. The largest absolute Gasteiger partial charge is 0.270 e. The molecule has 1 aliphatic rings. The van der Waals surface area contributed by atoms with Gasteiger partial charge in [0.25, 0.3) is 15.7 Å². The average Bonchev–Trinajstić information content (AvgIpc) is 3.33. The van der Waals surface area contributed by atoms with Gasteiger partial charge in [-0.05, 0) is 31.0 Å². The molecule has 8 heteroatoms. The number of nitro benzene ring substituents is 1. The first kappa shape index (κ1) is 14.5. The molecule has 0 spiro atoms. The van der Waals surface area contributed by atoms with E-state index in [1.54, 1.807) is 18.2 Å². The Labute approximate surface area is 127 Å². The Morgan fingerprint density at radius 1 is 1.18 bits per heavy atom. The Kier molecular flexibility index (Phi) is 3.53. The van der Waals surface area contributed by atoms with Gasteiger partial charge >= 0.3 is 0 Å². The number of hydrogen-bond acceptors (Lipinski definition) is 5. The SMILES string of the molecule is O=[N+]([O-])c1cccc(S(=O)(=O)N(c2ccccn2)C2CC2)c1. The van der Waals surface area contributed by atoms with Crippen LogP contribution in [0.3, 0.4) is 0 Å². The first-order chi connectivity index (χ1) is 10.5. The van der Waals surface area contributed by atoms with Crippen LogP contribution in [-0.2, 0) is 10.0 Å². The van der Waals surface area contributed by atoms with Crippen molar-refractivity contribution in [2.45, 2.75) is 23.8 Å². The lowest BCUT2D eigenvalue weighted by Gasteiger charge is -2.23. The third-order valence-corrected chi connectivity index (χ3v) is 5.19. The monoisotopic (exact) mass is 319 g/mol. The summed E-state index contributed by atoms with van der Waals surface area (Å²) >= 11 is 0. The van der Waals surface area contributed by atoms with E-state index in [-0.39, 0.29) is 16.6 Å². The smallest absolute Gasteiger partial charge is 0.258 e. The van der Waals surface area contributed by atoms with E-state index < -0.39 is 14.9 Å².